The van der Waals surface area contributed by atoms with Gasteiger partial charge in [0.25, 0.3) is 5.91 Å². The number of nitrogens with zero attached hydrogens (tertiary/aromatic N) is 2. The Bertz CT molecular complexity index is 444. The van der Waals surface area contributed by atoms with E-state index in [0.29, 0.717) is 24.5 Å². The third-order valence-corrected chi connectivity index (χ3v) is 3.50. The molecule has 1 aliphatic heterocycles. The van der Waals surface area contributed by atoms with Gasteiger partial charge in [-0.1, -0.05) is 0 Å². The first-order valence-corrected chi connectivity index (χ1v) is 7.36. The third kappa shape index (κ3) is 3.48. The van der Waals surface area contributed by atoms with Crippen LogP contribution in [0.5, 0.6) is 0 Å². The monoisotopic (exact) mass is 277 g/mol. The fourth-order valence-electron chi connectivity index (χ4n) is 2.45. The van der Waals surface area contributed by atoms with Crippen LogP contribution in [0.15, 0.2) is 18.3 Å². The lowest BCUT2D eigenvalue weighted by Gasteiger charge is -2.24. The number of rotatable bonds is 6. The van der Waals surface area contributed by atoms with Crippen molar-refractivity contribution in [2.75, 3.05) is 31.6 Å². The minimum Gasteiger partial charge on any atom is -0.376 e. The molecule has 1 atom stereocenters. The Morgan fingerprint density at radius 1 is 1.55 bits per heavy atom. The van der Waals surface area contributed by atoms with Gasteiger partial charge < -0.3 is 15.0 Å². The molecule has 2 rings (SSSR count). The van der Waals surface area contributed by atoms with Gasteiger partial charge in [-0.05, 0) is 38.8 Å². The summed E-state index contributed by atoms with van der Waals surface area (Å²) < 4.78 is 5.62. The number of amides is 1. The molecule has 1 aliphatic rings. The van der Waals surface area contributed by atoms with Gasteiger partial charge in [0.1, 0.15) is 5.82 Å². The zero-order valence-electron chi connectivity index (χ0n) is 12.3. The molecule has 1 unspecified atom stereocenters. The number of anilines is 1. The molecule has 1 fully saturated rings. The van der Waals surface area contributed by atoms with Crippen LogP contribution in [0.25, 0.3) is 0 Å². The second-order valence-corrected chi connectivity index (χ2v) is 4.91. The number of pyridine rings is 1. The predicted octanol–water partition coefficient (Wildman–Crippen LogP) is 2.15. The van der Waals surface area contributed by atoms with Crippen LogP contribution in [-0.2, 0) is 4.74 Å². The number of hydrogen-bond donors (Lipinski definition) is 1. The highest BCUT2D eigenvalue weighted by Gasteiger charge is 2.23. The van der Waals surface area contributed by atoms with Crippen molar-refractivity contribution in [3.8, 4) is 0 Å². The Hall–Kier alpha value is -1.62. The molecule has 1 aromatic rings. The largest absolute Gasteiger partial charge is 0.376 e. The van der Waals surface area contributed by atoms with E-state index in [0.717, 1.165) is 26.0 Å². The van der Waals surface area contributed by atoms with Crippen molar-refractivity contribution in [2.45, 2.75) is 32.8 Å². The highest BCUT2D eigenvalue weighted by Crippen LogP contribution is 2.17. The Morgan fingerprint density at radius 3 is 3.05 bits per heavy atom. The molecular weight excluding hydrogens is 254 g/mol. The van der Waals surface area contributed by atoms with Crippen molar-refractivity contribution in [1.29, 1.82) is 0 Å². The summed E-state index contributed by atoms with van der Waals surface area (Å²) in [7, 11) is 0. The average molecular weight is 277 g/mol. The topological polar surface area (TPSA) is 54.5 Å². The summed E-state index contributed by atoms with van der Waals surface area (Å²) in [6.07, 6.45) is 4.01. The van der Waals surface area contributed by atoms with Crippen molar-refractivity contribution >= 4 is 11.7 Å². The first-order valence-electron chi connectivity index (χ1n) is 7.36. The second kappa shape index (κ2) is 7.24. The molecule has 20 heavy (non-hydrogen) atoms. The molecule has 0 saturated carbocycles. The van der Waals surface area contributed by atoms with Crippen LogP contribution >= 0.6 is 0 Å². The van der Waals surface area contributed by atoms with Crippen LogP contribution in [0.3, 0.4) is 0 Å². The first kappa shape index (κ1) is 14.8. The zero-order valence-corrected chi connectivity index (χ0v) is 12.3. The van der Waals surface area contributed by atoms with Crippen molar-refractivity contribution < 1.29 is 9.53 Å². The predicted molar refractivity (Wildman–Crippen MR) is 79.0 cm³/mol. The van der Waals surface area contributed by atoms with Crippen molar-refractivity contribution in [1.82, 2.24) is 9.88 Å². The van der Waals surface area contributed by atoms with Crippen molar-refractivity contribution in [3.05, 3.63) is 23.9 Å². The fourth-order valence-corrected chi connectivity index (χ4v) is 2.45. The Morgan fingerprint density at radius 2 is 2.40 bits per heavy atom. The standard InChI is InChI=1S/C15H23N3O2/c1-3-16-14-13(8-5-9-17-14)15(19)18(4-2)11-12-7-6-10-20-12/h5,8-9,12H,3-4,6-7,10-11H2,1-2H3,(H,16,17). The van der Waals surface area contributed by atoms with Crippen molar-refractivity contribution in [3.63, 3.8) is 0 Å². The van der Waals surface area contributed by atoms with Crippen LogP contribution in [0, 0.1) is 0 Å². The van der Waals surface area contributed by atoms with E-state index in [2.05, 4.69) is 10.3 Å². The molecule has 0 aliphatic carbocycles. The average Bonchev–Trinajstić information content (AvgIpc) is 2.98. The van der Waals surface area contributed by atoms with Gasteiger partial charge in [0.2, 0.25) is 0 Å². The van der Waals surface area contributed by atoms with E-state index < -0.39 is 0 Å². The lowest BCUT2D eigenvalue weighted by molar-refractivity contribution is 0.0539. The number of carbonyl (C=O) groups is 1. The minimum absolute atomic E-state index is 0.0204. The summed E-state index contributed by atoms with van der Waals surface area (Å²) in [5, 5.41) is 3.14. The number of ether oxygens (including phenoxy) is 1. The summed E-state index contributed by atoms with van der Waals surface area (Å²) in [5.41, 5.74) is 0.634. The smallest absolute Gasteiger partial charge is 0.257 e. The lowest BCUT2D eigenvalue weighted by atomic mass is 10.2. The molecule has 5 heteroatoms. The van der Waals surface area contributed by atoms with E-state index in [4.69, 9.17) is 4.74 Å². The molecule has 2 heterocycles. The maximum Gasteiger partial charge on any atom is 0.257 e. The molecule has 5 nitrogen and oxygen atoms in total. The molecule has 110 valence electrons. The molecule has 0 spiro atoms. The Labute approximate surface area is 120 Å². The lowest BCUT2D eigenvalue weighted by Crippen LogP contribution is -2.37. The van der Waals surface area contributed by atoms with Gasteiger partial charge in [-0.25, -0.2) is 4.98 Å². The van der Waals surface area contributed by atoms with E-state index in [1.165, 1.54) is 0 Å². The normalized spacial score (nSPS) is 18.0. The van der Waals surface area contributed by atoms with Gasteiger partial charge >= 0.3 is 0 Å². The molecule has 1 N–H and O–H groups in total. The SMILES string of the molecule is CCNc1ncccc1C(=O)N(CC)CC1CCCO1. The maximum atomic E-state index is 12.6. The highest BCUT2D eigenvalue weighted by molar-refractivity contribution is 5.98. The second-order valence-electron chi connectivity index (χ2n) is 4.91. The summed E-state index contributed by atoms with van der Waals surface area (Å²) in [5.74, 6) is 0.679. The minimum atomic E-state index is 0.0204. The summed E-state index contributed by atoms with van der Waals surface area (Å²) in [4.78, 5) is 18.7. The number of aromatic nitrogens is 1. The Kier molecular flexibility index (Phi) is 5.35. The van der Waals surface area contributed by atoms with E-state index in [-0.39, 0.29) is 12.0 Å². The van der Waals surface area contributed by atoms with E-state index >= 15 is 0 Å². The maximum absolute atomic E-state index is 12.6. The number of carbonyl (C=O) groups excluding carboxylic acids is 1. The fraction of sp³-hybridized carbons (Fsp3) is 0.600. The molecule has 1 amide bonds. The van der Waals surface area contributed by atoms with Gasteiger partial charge in [0.05, 0.1) is 11.7 Å². The Balaban J connectivity index is 2.10. The van der Waals surface area contributed by atoms with E-state index in [9.17, 15) is 4.79 Å². The summed E-state index contributed by atoms with van der Waals surface area (Å²) in [6.45, 7) is 6.89. The number of nitrogens with one attached hydrogen (secondary N) is 1. The number of likely N-dealkylation sites (N-methyl/N-ethyl adjacent to an activating group) is 1. The van der Waals surface area contributed by atoms with Crippen LogP contribution in [0.2, 0.25) is 0 Å². The van der Waals surface area contributed by atoms with Crippen LogP contribution < -0.4 is 5.32 Å². The van der Waals surface area contributed by atoms with Gasteiger partial charge in [-0.15, -0.1) is 0 Å². The van der Waals surface area contributed by atoms with Crippen LogP contribution in [0.4, 0.5) is 5.82 Å². The summed E-state index contributed by atoms with van der Waals surface area (Å²) >= 11 is 0. The zero-order chi connectivity index (χ0) is 14.4. The molecule has 1 saturated heterocycles. The molecule has 0 radical (unpaired) electrons. The number of hydrogen-bond acceptors (Lipinski definition) is 4. The van der Waals surface area contributed by atoms with Crippen LogP contribution in [0.1, 0.15) is 37.0 Å². The van der Waals surface area contributed by atoms with Gasteiger partial charge in [0.15, 0.2) is 0 Å². The molecule has 1 aromatic heterocycles. The highest BCUT2D eigenvalue weighted by atomic mass is 16.5. The van der Waals surface area contributed by atoms with Crippen LogP contribution in [-0.4, -0.2) is 48.1 Å². The first-order chi connectivity index (χ1) is 9.76. The summed E-state index contributed by atoms with van der Waals surface area (Å²) in [6, 6.07) is 3.62. The molecule has 0 bridgehead atoms. The van der Waals surface area contributed by atoms with E-state index in [1.807, 2.05) is 24.8 Å². The van der Waals surface area contributed by atoms with Gasteiger partial charge in [-0.2, -0.15) is 0 Å². The molecule has 0 aromatic carbocycles. The quantitative estimate of drug-likeness (QED) is 0.865. The van der Waals surface area contributed by atoms with Gasteiger partial charge in [-0.3, -0.25) is 4.79 Å². The van der Waals surface area contributed by atoms with E-state index in [1.54, 1.807) is 12.3 Å². The molecular formula is C15H23N3O2. The van der Waals surface area contributed by atoms with Crippen molar-refractivity contribution in [2.24, 2.45) is 0 Å². The third-order valence-electron chi connectivity index (χ3n) is 3.50. The van der Waals surface area contributed by atoms with Gasteiger partial charge in [0, 0.05) is 32.4 Å².